The first kappa shape index (κ1) is 28.6. The number of nitrogens with zero attached hydrogens (tertiary/aromatic N) is 1. The highest BCUT2D eigenvalue weighted by Crippen LogP contribution is 2.58. The Labute approximate surface area is 234 Å². The summed E-state index contributed by atoms with van der Waals surface area (Å²) < 4.78 is 54.0. The van der Waals surface area contributed by atoms with Crippen LogP contribution >= 0.6 is 11.6 Å². The van der Waals surface area contributed by atoms with Gasteiger partial charge in [0.1, 0.15) is 12.2 Å². The van der Waals surface area contributed by atoms with Crippen LogP contribution in [0.1, 0.15) is 47.0 Å². The van der Waals surface area contributed by atoms with E-state index in [1.807, 2.05) is 6.92 Å². The van der Waals surface area contributed by atoms with Crippen LogP contribution in [0.3, 0.4) is 0 Å². The highest BCUT2D eigenvalue weighted by atomic mass is 35.5. The Bertz CT molecular complexity index is 1560. The molecular weight excluding hydrogens is 566 g/mol. The Kier molecular flexibility index (Phi) is 7.47. The minimum atomic E-state index is -4.08. The normalized spacial score (nSPS) is 25.5. The molecule has 3 saturated carbocycles. The van der Waals surface area contributed by atoms with Crippen LogP contribution in [-0.4, -0.2) is 51.6 Å². The van der Waals surface area contributed by atoms with Crippen molar-refractivity contribution in [1.82, 2.24) is 4.98 Å². The first-order chi connectivity index (χ1) is 18.8. The molecule has 3 fully saturated rings. The van der Waals surface area contributed by atoms with Crippen molar-refractivity contribution in [2.24, 2.45) is 11.8 Å². The minimum absolute atomic E-state index is 0.0159. The van der Waals surface area contributed by atoms with Crippen molar-refractivity contribution in [3.8, 4) is 0 Å². The van der Waals surface area contributed by atoms with Crippen molar-refractivity contribution >= 4 is 33.0 Å². The fourth-order valence-electron chi connectivity index (χ4n) is 5.82. The van der Waals surface area contributed by atoms with Crippen LogP contribution in [0.4, 0.5) is 14.5 Å². The zero-order valence-corrected chi connectivity index (χ0v) is 22.8. The van der Waals surface area contributed by atoms with E-state index >= 15 is 0 Å². The zero-order valence-electron chi connectivity index (χ0n) is 21.3. The quantitative estimate of drug-likeness (QED) is 0.326. The highest BCUT2D eigenvalue weighted by Gasteiger charge is 2.64. The van der Waals surface area contributed by atoms with E-state index in [4.69, 9.17) is 11.6 Å². The number of aryl methyl sites for hydroxylation is 1. The number of carbonyl (C=O) groups excluding carboxylic acids is 1. The molecule has 0 radical (unpaired) electrons. The second kappa shape index (κ2) is 10.5. The van der Waals surface area contributed by atoms with Gasteiger partial charge in [0.15, 0.2) is 21.5 Å². The summed E-state index contributed by atoms with van der Waals surface area (Å²) in [6.45, 7) is 1.82. The van der Waals surface area contributed by atoms with Crippen LogP contribution < -0.4 is 5.32 Å². The lowest BCUT2D eigenvalue weighted by atomic mass is 9.51. The van der Waals surface area contributed by atoms with Gasteiger partial charge in [-0.2, -0.15) is 0 Å². The number of hydrogen-bond acceptors (Lipinski definition) is 7. The lowest BCUT2D eigenvalue weighted by Crippen LogP contribution is -2.68. The number of halogens is 3. The minimum Gasteiger partial charge on any atom is -0.387 e. The fraction of sp³-hybridized carbons (Fsp3) is 0.357. The summed E-state index contributed by atoms with van der Waals surface area (Å²) in [5.74, 6) is -4.17. The molecule has 1 amide bonds. The molecule has 4 unspecified atom stereocenters. The molecule has 1 heterocycles. The summed E-state index contributed by atoms with van der Waals surface area (Å²) in [5, 5.41) is 34.4. The summed E-state index contributed by atoms with van der Waals surface area (Å²) >= 11 is 6.25. The molecule has 3 aliphatic rings. The number of anilines is 1. The van der Waals surface area contributed by atoms with Crippen LogP contribution in [0.2, 0.25) is 5.02 Å². The van der Waals surface area contributed by atoms with Gasteiger partial charge in [-0.1, -0.05) is 17.7 Å². The number of aromatic nitrogens is 1. The van der Waals surface area contributed by atoms with Gasteiger partial charge in [-0.05, 0) is 80.0 Å². The molecule has 212 valence electrons. The molecule has 6 rings (SSSR count). The number of sulfone groups is 1. The van der Waals surface area contributed by atoms with E-state index in [0.717, 1.165) is 23.8 Å². The molecule has 12 heteroatoms. The van der Waals surface area contributed by atoms with Gasteiger partial charge in [0.05, 0.1) is 26.5 Å². The van der Waals surface area contributed by atoms with Crippen molar-refractivity contribution in [3.63, 3.8) is 0 Å². The number of carbonyl (C=O) groups is 1. The van der Waals surface area contributed by atoms with Crippen molar-refractivity contribution in [1.29, 1.82) is 0 Å². The van der Waals surface area contributed by atoms with Gasteiger partial charge in [-0.3, -0.25) is 9.78 Å². The second-order valence-corrected chi connectivity index (χ2v) is 13.1. The van der Waals surface area contributed by atoms with E-state index in [9.17, 15) is 37.3 Å². The van der Waals surface area contributed by atoms with E-state index in [1.165, 1.54) is 24.4 Å². The third-order valence-corrected chi connectivity index (χ3v) is 10.8. The number of pyridine rings is 1. The molecule has 40 heavy (non-hydrogen) atoms. The molecule has 0 aliphatic heterocycles. The number of amides is 1. The topological polar surface area (TPSA) is 137 Å². The van der Waals surface area contributed by atoms with Gasteiger partial charge in [-0.15, -0.1) is 0 Å². The third kappa shape index (κ3) is 4.90. The monoisotopic (exact) mass is 592 g/mol. The predicted molar refractivity (Wildman–Crippen MR) is 142 cm³/mol. The van der Waals surface area contributed by atoms with Crippen LogP contribution in [0, 0.1) is 30.4 Å². The van der Waals surface area contributed by atoms with Gasteiger partial charge in [0, 0.05) is 23.5 Å². The van der Waals surface area contributed by atoms with Crippen LogP contribution in [0.15, 0.2) is 59.6 Å². The number of benzene rings is 2. The summed E-state index contributed by atoms with van der Waals surface area (Å²) in [6.07, 6.45) is -0.970. The fourth-order valence-corrected chi connectivity index (χ4v) is 8.22. The van der Waals surface area contributed by atoms with Gasteiger partial charge >= 0.3 is 0 Å². The van der Waals surface area contributed by atoms with E-state index < -0.39 is 62.3 Å². The smallest absolute Gasteiger partial charge is 0.255 e. The number of aliphatic hydroxyl groups excluding tert-OH is 2. The first-order valence-corrected chi connectivity index (χ1v) is 14.6. The summed E-state index contributed by atoms with van der Waals surface area (Å²) in [4.78, 5) is 16.6. The maximum absolute atomic E-state index is 13.6. The Morgan fingerprint density at radius 3 is 2.38 bits per heavy atom. The number of aliphatic hydroxyl groups is 3. The number of fused-ring (bicyclic) bond motifs is 2. The van der Waals surface area contributed by atoms with Gasteiger partial charge in [0.25, 0.3) is 5.91 Å². The molecule has 0 saturated heterocycles. The second-order valence-electron chi connectivity index (χ2n) is 10.5. The van der Waals surface area contributed by atoms with Gasteiger partial charge in [0.2, 0.25) is 0 Å². The molecule has 2 aromatic carbocycles. The van der Waals surface area contributed by atoms with Crippen molar-refractivity contribution in [3.05, 3.63) is 88.2 Å². The summed E-state index contributed by atoms with van der Waals surface area (Å²) in [5.41, 5.74) is -0.701. The van der Waals surface area contributed by atoms with Crippen LogP contribution in [-0.2, 0) is 9.84 Å². The van der Waals surface area contributed by atoms with Crippen molar-refractivity contribution in [2.45, 2.75) is 54.1 Å². The Morgan fingerprint density at radius 2 is 1.75 bits per heavy atom. The highest BCUT2D eigenvalue weighted by molar-refractivity contribution is 7.92. The average molecular weight is 593 g/mol. The Balaban J connectivity index is 1.33. The molecule has 3 aliphatic carbocycles. The molecule has 3 aromatic rings. The standard InChI is InChI=1S/C28H27ClF2N2O6S/c1-14-2-7-23(32-13-14)25(34)26(35)28(37)16-9-17(28)11-19(10-16)40(38,39)24-8-15(3-5-20(24)29)27(36)33-18-4-6-21(30)22(31)12-18/h2-8,12-13,16-17,19,25-26,34-35,37H,9-11H2,1H3,(H,33,36). The molecule has 8 nitrogen and oxygen atoms in total. The van der Waals surface area contributed by atoms with E-state index in [-0.39, 0.29) is 39.7 Å². The largest absolute Gasteiger partial charge is 0.387 e. The van der Waals surface area contributed by atoms with Crippen molar-refractivity contribution in [2.75, 3.05) is 5.32 Å². The Morgan fingerprint density at radius 1 is 1.05 bits per heavy atom. The Hall–Kier alpha value is -2.96. The first-order valence-electron chi connectivity index (χ1n) is 12.6. The van der Waals surface area contributed by atoms with Crippen LogP contribution in [0.25, 0.3) is 0 Å². The number of hydrogen-bond donors (Lipinski definition) is 4. The molecule has 0 spiro atoms. The molecule has 2 bridgehead atoms. The van der Waals surface area contributed by atoms with E-state index in [1.54, 1.807) is 12.1 Å². The predicted octanol–water partition coefficient (Wildman–Crippen LogP) is 3.97. The lowest BCUT2D eigenvalue weighted by molar-refractivity contribution is -0.252. The summed E-state index contributed by atoms with van der Waals surface area (Å²) in [6, 6.07) is 9.81. The molecule has 1 aromatic heterocycles. The molecule has 4 N–H and O–H groups in total. The third-order valence-electron chi connectivity index (χ3n) is 8.10. The van der Waals surface area contributed by atoms with Gasteiger partial charge < -0.3 is 20.6 Å². The SMILES string of the molecule is Cc1ccc(C(O)C(O)C2(O)C3CC2CC(S(=O)(=O)c2cc(C(=O)Nc4ccc(F)c(F)c4)ccc2Cl)C3)nc1. The molecule has 4 atom stereocenters. The maximum Gasteiger partial charge on any atom is 0.255 e. The van der Waals surface area contributed by atoms with Crippen LogP contribution in [0.5, 0.6) is 0 Å². The lowest BCUT2D eigenvalue weighted by Gasteiger charge is -2.60. The van der Waals surface area contributed by atoms with Gasteiger partial charge in [-0.25, -0.2) is 17.2 Å². The summed E-state index contributed by atoms with van der Waals surface area (Å²) in [7, 11) is -4.08. The molecular formula is C28H27ClF2N2O6S. The van der Waals surface area contributed by atoms with E-state index in [0.29, 0.717) is 6.42 Å². The van der Waals surface area contributed by atoms with E-state index in [2.05, 4.69) is 10.3 Å². The maximum atomic E-state index is 13.6. The number of nitrogens with one attached hydrogen (secondary N) is 1. The van der Waals surface area contributed by atoms with Crippen molar-refractivity contribution < 1.29 is 37.3 Å². The zero-order chi connectivity index (χ0) is 29.0. The average Bonchev–Trinajstić information content (AvgIpc) is 2.94. The number of rotatable bonds is 7.